The minimum absolute atomic E-state index is 0.187. The van der Waals surface area contributed by atoms with Gasteiger partial charge in [-0.25, -0.2) is 9.48 Å². The molecule has 2 heterocycles. The maximum absolute atomic E-state index is 16.6. The Morgan fingerprint density at radius 3 is 1.88 bits per heavy atom. The molecule has 1 saturated carbocycles. The molecule has 0 aromatic carbocycles. The van der Waals surface area contributed by atoms with Crippen LogP contribution in [0.3, 0.4) is 0 Å². The average molecular weight is 1180 g/mol. The number of aromatic nitrogens is 2. The van der Waals surface area contributed by atoms with Crippen molar-refractivity contribution in [1.29, 1.82) is 0 Å². The second-order valence-corrected chi connectivity index (χ2v) is 22.8. The highest BCUT2D eigenvalue weighted by molar-refractivity contribution is 14.1. The van der Waals surface area contributed by atoms with E-state index in [2.05, 4.69) is 10.6 Å². The number of aliphatic hydroxyl groups is 6. The maximum atomic E-state index is 16.6. The smallest absolute Gasteiger partial charge is 0.356 e. The Labute approximate surface area is 383 Å². The Morgan fingerprint density at radius 1 is 0.897 bits per heavy atom. The van der Waals surface area contributed by atoms with Gasteiger partial charge in [-0.1, -0.05) is 88.5 Å². The number of hydrogen-bond acceptors (Lipinski definition) is 12. The number of nitrogens with one attached hydrogen (secondary N) is 2. The van der Waals surface area contributed by atoms with Crippen molar-refractivity contribution in [3.8, 4) is 0 Å². The number of alkyl halides is 3. The molecular weight excluding hydrogens is 1120 g/mol. The van der Waals surface area contributed by atoms with Gasteiger partial charge in [-0.15, -0.1) is 0 Å². The summed E-state index contributed by atoms with van der Waals surface area (Å²) in [4.78, 5) is 56.0. The standard InChI is InChI=1S/C37H59FI3N5O11S/c1-7-19(2)57-24(54)16-58-17-36(3,4)27-32(37(5,6)18-58)44-46(33(27)38)9-8-23(53)45(12-22(52)15-49)31-29(40)25(34(55)42-10-20(50)13-47)28(39)26(30(31)41)35(56)43-11-21(51)14-48/h19-22,25-26,28-31,47-52H,7-18H2,1-6H3,(H-,42,43,55,56)/p+1. The van der Waals surface area contributed by atoms with Crippen LogP contribution in [0.1, 0.15) is 65.6 Å². The first-order valence-electron chi connectivity index (χ1n) is 19.3. The summed E-state index contributed by atoms with van der Waals surface area (Å²) in [6.45, 7) is 8.54. The molecule has 0 saturated heterocycles. The van der Waals surface area contributed by atoms with E-state index in [4.69, 9.17) is 9.84 Å². The Kier molecular flexibility index (Phi) is 20.1. The average Bonchev–Trinajstić information content (AvgIpc) is 3.47. The molecular formula is C37H60FI3N5O11S+. The van der Waals surface area contributed by atoms with Crippen LogP contribution in [0.5, 0.6) is 0 Å². The molecule has 21 heteroatoms. The summed E-state index contributed by atoms with van der Waals surface area (Å²) >= 11 is 6.08. The van der Waals surface area contributed by atoms with Gasteiger partial charge < -0.3 is 50.9 Å². The molecule has 9 atom stereocenters. The van der Waals surface area contributed by atoms with E-state index >= 15 is 4.39 Å². The van der Waals surface area contributed by atoms with E-state index in [9.17, 15) is 49.8 Å². The molecule has 16 nitrogen and oxygen atoms in total. The Balaban J connectivity index is 1.98. The Morgan fingerprint density at radius 2 is 1.40 bits per heavy atom. The molecule has 3 rings (SSSR count). The van der Waals surface area contributed by atoms with Crippen LogP contribution in [0.2, 0.25) is 0 Å². The van der Waals surface area contributed by atoms with E-state index in [1.165, 1.54) is 9.58 Å². The first-order chi connectivity index (χ1) is 27.0. The number of halogens is 4. The summed E-state index contributed by atoms with van der Waals surface area (Å²) in [6.07, 6.45) is -3.68. The van der Waals surface area contributed by atoms with Crippen LogP contribution in [0.4, 0.5) is 4.39 Å². The molecule has 1 aliphatic heterocycles. The van der Waals surface area contributed by atoms with Crippen molar-refractivity contribution in [3.63, 3.8) is 0 Å². The van der Waals surface area contributed by atoms with Gasteiger partial charge in [0.25, 0.3) is 0 Å². The van der Waals surface area contributed by atoms with E-state index in [-0.39, 0.29) is 50.4 Å². The predicted octanol–water partition coefficient (Wildman–Crippen LogP) is 0.0871. The lowest BCUT2D eigenvalue weighted by atomic mass is 9.76. The molecule has 1 aliphatic carbocycles. The number of aliphatic hydroxyl groups excluding tert-OH is 6. The van der Waals surface area contributed by atoms with Crippen molar-refractivity contribution in [1.82, 2.24) is 25.3 Å². The summed E-state index contributed by atoms with van der Waals surface area (Å²) in [6, 6.07) is -0.903. The summed E-state index contributed by atoms with van der Waals surface area (Å²) in [5.41, 5.74) is -0.370. The second-order valence-electron chi connectivity index (χ2n) is 16.4. The molecule has 332 valence electrons. The number of hydrogen-bond donors (Lipinski definition) is 8. The molecule has 1 aromatic rings. The van der Waals surface area contributed by atoms with Crippen molar-refractivity contribution >= 4 is 102 Å². The molecule has 58 heavy (non-hydrogen) atoms. The number of fused-ring (bicyclic) bond motifs is 1. The molecule has 1 aromatic heterocycles. The van der Waals surface area contributed by atoms with Crippen molar-refractivity contribution in [3.05, 3.63) is 17.2 Å². The largest absolute Gasteiger partial charge is 0.459 e. The molecule has 0 bridgehead atoms. The van der Waals surface area contributed by atoms with Gasteiger partial charge in [-0.05, 0) is 27.2 Å². The summed E-state index contributed by atoms with van der Waals surface area (Å²) in [7, 11) is -0.429. The van der Waals surface area contributed by atoms with E-state index in [1.54, 1.807) is 0 Å². The second kappa shape index (κ2) is 22.6. The minimum atomic E-state index is -1.40. The number of nitrogens with zero attached hydrogens (tertiary/aromatic N) is 3. The fraction of sp³-hybridized carbons (Fsp3) is 0.811. The fourth-order valence-corrected chi connectivity index (χ4v) is 17.6. The molecule has 8 N–H and O–H groups in total. The molecule has 2 aliphatic rings. The molecule has 0 radical (unpaired) electrons. The van der Waals surface area contributed by atoms with Crippen LogP contribution in [-0.4, -0.2) is 168 Å². The number of carbonyl (C=O) groups excluding carboxylic acids is 4. The third kappa shape index (κ3) is 12.9. The zero-order valence-corrected chi connectivity index (χ0v) is 41.0. The zero-order valence-electron chi connectivity index (χ0n) is 33.7. The zero-order chi connectivity index (χ0) is 43.9. The number of rotatable bonds is 19. The van der Waals surface area contributed by atoms with E-state index < -0.39 is 113 Å². The van der Waals surface area contributed by atoms with Gasteiger partial charge in [0, 0.05) is 59.7 Å². The van der Waals surface area contributed by atoms with Gasteiger partial charge in [-0.2, -0.15) is 9.49 Å². The fourth-order valence-electron chi connectivity index (χ4n) is 7.40. The van der Waals surface area contributed by atoms with Crippen LogP contribution >= 0.6 is 67.8 Å². The topological polar surface area (TPSA) is 244 Å². The molecule has 9 unspecified atom stereocenters. The first-order valence-corrected chi connectivity index (χ1v) is 24.8. The van der Waals surface area contributed by atoms with Gasteiger partial charge in [-0.3, -0.25) is 14.4 Å². The van der Waals surface area contributed by atoms with Gasteiger partial charge in [0.05, 0.1) is 79.8 Å². The van der Waals surface area contributed by atoms with Gasteiger partial charge >= 0.3 is 5.97 Å². The summed E-state index contributed by atoms with van der Waals surface area (Å²) in [5, 5.41) is 69.1. The highest BCUT2D eigenvalue weighted by atomic mass is 127. The predicted molar refractivity (Wildman–Crippen MR) is 242 cm³/mol. The number of esters is 1. The number of aryl methyl sites for hydroxylation is 1. The normalized spacial score (nSPS) is 27.3. The highest BCUT2D eigenvalue weighted by Crippen LogP contribution is 2.46. The summed E-state index contributed by atoms with van der Waals surface area (Å²) in [5.74, 6) is -3.10. The molecule has 0 spiro atoms. The summed E-state index contributed by atoms with van der Waals surface area (Å²) < 4.78 is 21.3. The molecule has 3 amide bonds. The SMILES string of the molecule is CCC(C)OC(=O)C[S+]1CC(C)(C)c2nn(CCC(=O)N(CC(O)CO)C3C(I)C(C(=O)NCC(O)CO)C(I)C(C(=O)NCC(O)CO)C3I)c(F)c2C(C)(C)C1. The van der Waals surface area contributed by atoms with Crippen LogP contribution in [0.25, 0.3) is 0 Å². The van der Waals surface area contributed by atoms with E-state index in [0.29, 0.717) is 29.2 Å². The van der Waals surface area contributed by atoms with Crippen LogP contribution in [0, 0.1) is 17.8 Å². The highest BCUT2D eigenvalue weighted by Gasteiger charge is 2.56. The number of amides is 3. The number of carbonyl (C=O) groups is 4. The lowest BCUT2D eigenvalue weighted by Gasteiger charge is -2.49. The lowest BCUT2D eigenvalue weighted by Crippen LogP contribution is -2.66. The van der Waals surface area contributed by atoms with Crippen molar-refractivity contribution in [2.75, 3.05) is 56.7 Å². The lowest BCUT2D eigenvalue weighted by molar-refractivity contribution is -0.145. The van der Waals surface area contributed by atoms with Crippen molar-refractivity contribution < 1.29 is 58.9 Å². The van der Waals surface area contributed by atoms with Gasteiger partial charge in [0.2, 0.25) is 29.4 Å². The maximum Gasteiger partial charge on any atom is 0.356 e. The van der Waals surface area contributed by atoms with Crippen molar-refractivity contribution in [2.45, 2.75) is 114 Å². The van der Waals surface area contributed by atoms with Gasteiger partial charge in [0.15, 0.2) is 0 Å². The van der Waals surface area contributed by atoms with Crippen LogP contribution in [0.15, 0.2) is 0 Å². The molecule has 1 fully saturated rings. The monoisotopic (exact) mass is 1180 g/mol. The Hall–Kier alpha value is -0.680. The van der Waals surface area contributed by atoms with Crippen LogP contribution in [-0.2, 0) is 52.2 Å². The first kappa shape index (κ1) is 51.7. The third-order valence-electron chi connectivity index (χ3n) is 10.5. The number of ether oxygens (including phenoxy) is 1. The van der Waals surface area contributed by atoms with Crippen LogP contribution < -0.4 is 10.6 Å². The third-order valence-corrected chi connectivity index (χ3v) is 18.0. The van der Waals surface area contributed by atoms with Gasteiger partial charge in [0.1, 0.15) is 11.5 Å². The van der Waals surface area contributed by atoms with E-state index in [0.717, 1.165) is 0 Å². The Bertz CT molecular complexity index is 1540. The quantitative estimate of drug-likeness (QED) is 0.0398. The van der Waals surface area contributed by atoms with E-state index in [1.807, 2.05) is 109 Å². The van der Waals surface area contributed by atoms with Crippen molar-refractivity contribution in [2.24, 2.45) is 11.8 Å². The minimum Gasteiger partial charge on any atom is -0.459 e.